The summed E-state index contributed by atoms with van der Waals surface area (Å²) in [4.78, 5) is 11.9. The van der Waals surface area contributed by atoms with Crippen molar-refractivity contribution in [3.63, 3.8) is 0 Å². The van der Waals surface area contributed by atoms with E-state index in [1.165, 1.54) is 18.2 Å². The maximum atomic E-state index is 13.1. The van der Waals surface area contributed by atoms with Gasteiger partial charge in [0.15, 0.2) is 6.61 Å². The molecule has 1 amide bonds. The van der Waals surface area contributed by atoms with Gasteiger partial charge in [-0.3, -0.25) is 4.79 Å². The second-order valence-electron chi connectivity index (χ2n) is 5.12. The van der Waals surface area contributed by atoms with E-state index in [2.05, 4.69) is 5.32 Å². The van der Waals surface area contributed by atoms with Gasteiger partial charge in [0, 0.05) is 5.69 Å². The smallest absolute Gasteiger partial charge is 0.262 e. The molecule has 0 bridgehead atoms. The molecule has 5 heteroatoms. The molecule has 2 rings (SSSR count). The molecule has 0 unspecified atom stereocenters. The summed E-state index contributed by atoms with van der Waals surface area (Å²) >= 11 is 5.67. The third-order valence-corrected chi connectivity index (χ3v) is 3.71. The highest BCUT2D eigenvalue weighted by atomic mass is 35.5. The molecule has 0 radical (unpaired) electrons. The molecule has 0 aliphatic heterocycles. The zero-order chi connectivity index (χ0) is 16.3. The molecule has 3 nitrogen and oxygen atoms in total. The first-order valence-corrected chi connectivity index (χ1v) is 7.21. The van der Waals surface area contributed by atoms with E-state index in [9.17, 15) is 9.18 Å². The highest BCUT2D eigenvalue weighted by Gasteiger charge is 2.10. The van der Waals surface area contributed by atoms with Gasteiger partial charge in [0.25, 0.3) is 5.91 Å². The van der Waals surface area contributed by atoms with E-state index in [4.69, 9.17) is 16.3 Å². The Morgan fingerprint density at radius 2 is 1.86 bits per heavy atom. The topological polar surface area (TPSA) is 38.3 Å². The molecule has 116 valence electrons. The zero-order valence-electron chi connectivity index (χ0n) is 12.7. The molecule has 2 aromatic rings. The average Bonchev–Trinajstić information content (AvgIpc) is 2.47. The third-order valence-electron chi connectivity index (χ3n) is 3.42. The molecule has 1 N–H and O–H groups in total. The van der Waals surface area contributed by atoms with Crippen molar-refractivity contribution in [1.29, 1.82) is 0 Å². The van der Waals surface area contributed by atoms with Crippen LogP contribution in [-0.2, 0) is 4.79 Å². The Balaban J connectivity index is 2.01. The summed E-state index contributed by atoms with van der Waals surface area (Å²) in [6, 6.07) is 7.97. The van der Waals surface area contributed by atoms with E-state index in [1.54, 1.807) is 0 Å². The van der Waals surface area contributed by atoms with E-state index in [1.807, 2.05) is 32.9 Å². The maximum absolute atomic E-state index is 13.1. The summed E-state index contributed by atoms with van der Waals surface area (Å²) in [7, 11) is 0. The SMILES string of the molecule is Cc1ccc(C)c(OCC(=O)Nc2ccc(F)c(Cl)c2)c1C. The Morgan fingerprint density at radius 1 is 1.18 bits per heavy atom. The van der Waals surface area contributed by atoms with Gasteiger partial charge in [-0.1, -0.05) is 23.7 Å². The van der Waals surface area contributed by atoms with Crippen molar-refractivity contribution >= 4 is 23.2 Å². The van der Waals surface area contributed by atoms with Gasteiger partial charge in [0.1, 0.15) is 11.6 Å². The lowest BCUT2D eigenvalue weighted by molar-refractivity contribution is -0.118. The van der Waals surface area contributed by atoms with Crippen molar-refractivity contribution in [3.05, 3.63) is 57.9 Å². The van der Waals surface area contributed by atoms with E-state index in [0.717, 1.165) is 16.7 Å². The average molecular weight is 322 g/mol. The fourth-order valence-electron chi connectivity index (χ4n) is 2.06. The monoisotopic (exact) mass is 321 g/mol. The molecule has 0 aliphatic carbocycles. The number of rotatable bonds is 4. The second-order valence-corrected chi connectivity index (χ2v) is 5.53. The van der Waals surface area contributed by atoms with Gasteiger partial charge in [-0.05, 0) is 55.7 Å². The van der Waals surface area contributed by atoms with Gasteiger partial charge in [-0.25, -0.2) is 4.39 Å². The summed E-state index contributed by atoms with van der Waals surface area (Å²) in [6.07, 6.45) is 0. The Bertz CT molecular complexity index is 716. The number of hydrogen-bond acceptors (Lipinski definition) is 2. The Kier molecular flexibility index (Phi) is 5.03. The fourth-order valence-corrected chi connectivity index (χ4v) is 2.24. The lowest BCUT2D eigenvalue weighted by atomic mass is 10.1. The molecule has 2 aromatic carbocycles. The molecule has 0 fully saturated rings. The number of anilines is 1. The summed E-state index contributed by atoms with van der Waals surface area (Å²) in [5.74, 6) is -0.141. The minimum absolute atomic E-state index is 0.0379. The summed E-state index contributed by atoms with van der Waals surface area (Å²) < 4.78 is 18.7. The summed E-state index contributed by atoms with van der Waals surface area (Å²) in [5, 5.41) is 2.58. The van der Waals surface area contributed by atoms with Crippen molar-refractivity contribution in [2.75, 3.05) is 11.9 Å². The number of aryl methyl sites for hydroxylation is 2. The molecular formula is C17H17ClFNO2. The van der Waals surface area contributed by atoms with Crippen LogP contribution < -0.4 is 10.1 Å². The summed E-state index contributed by atoms with van der Waals surface area (Å²) in [6.45, 7) is 5.75. The Morgan fingerprint density at radius 3 is 2.55 bits per heavy atom. The largest absolute Gasteiger partial charge is 0.483 e. The lowest BCUT2D eigenvalue weighted by Crippen LogP contribution is -2.20. The van der Waals surface area contributed by atoms with Crippen LogP contribution in [0.25, 0.3) is 0 Å². The van der Waals surface area contributed by atoms with Gasteiger partial charge in [0.2, 0.25) is 0 Å². The molecule has 22 heavy (non-hydrogen) atoms. The number of hydrogen-bond donors (Lipinski definition) is 1. The highest BCUT2D eigenvalue weighted by Crippen LogP contribution is 2.25. The van der Waals surface area contributed by atoms with Crippen molar-refractivity contribution in [1.82, 2.24) is 0 Å². The van der Waals surface area contributed by atoms with Crippen LogP contribution in [0.3, 0.4) is 0 Å². The zero-order valence-corrected chi connectivity index (χ0v) is 13.4. The first-order valence-electron chi connectivity index (χ1n) is 6.83. The first-order chi connectivity index (χ1) is 10.4. The van der Waals surface area contributed by atoms with Crippen LogP contribution >= 0.6 is 11.6 Å². The standard InChI is InChI=1S/C17H17ClFNO2/c1-10-4-5-11(2)17(12(10)3)22-9-16(21)20-13-6-7-15(19)14(18)8-13/h4-8H,9H2,1-3H3,(H,20,21). The number of carbonyl (C=O) groups excluding carboxylic acids is 1. The van der Waals surface area contributed by atoms with Gasteiger partial charge in [-0.15, -0.1) is 0 Å². The number of nitrogens with one attached hydrogen (secondary N) is 1. The van der Waals surface area contributed by atoms with Crippen LogP contribution in [0, 0.1) is 26.6 Å². The third kappa shape index (κ3) is 3.77. The molecule has 0 spiro atoms. The van der Waals surface area contributed by atoms with Crippen molar-refractivity contribution in [2.45, 2.75) is 20.8 Å². The van der Waals surface area contributed by atoms with Gasteiger partial charge >= 0.3 is 0 Å². The number of ether oxygens (including phenoxy) is 1. The predicted molar refractivity (Wildman–Crippen MR) is 86.2 cm³/mol. The molecule has 0 aromatic heterocycles. The predicted octanol–water partition coefficient (Wildman–Crippen LogP) is 4.42. The van der Waals surface area contributed by atoms with Crippen LogP contribution in [0.15, 0.2) is 30.3 Å². The van der Waals surface area contributed by atoms with E-state index >= 15 is 0 Å². The van der Waals surface area contributed by atoms with E-state index < -0.39 is 5.82 Å². The van der Waals surface area contributed by atoms with E-state index in [0.29, 0.717) is 11.4 Å². The minimum atomic E-state index is -0.526. The maximum Gasteiger partial charge on any atom is 0.262 e. The molecule has 0 saturated heterocycles. The van der Waals surface area contributed by atoms with Gasteiger partial charge in [-0.2, -0.15) is 0 Å². The van der Waals surface area contributed by atoms with Crippen LogP contribution in [0.1, 0.15) is 16.7 Å². The number of carbonyl (C=O) groups is 1. The Hall–Kier alpha value is -2.07. The van der Waals surface area contributed by atoms with Crippen LogP contribution in [0.2, 0.25) is 5.02 Å². The first kappa shape index (κ1) is 16.3. The quantitative estimate of drug-likeness (QED) is 0.905. The molecule has 0 saturated carbocycles. The normalized spacial score (nSPS) is 10.4. The minimum Gasteiger partial charge on any atom is -0.483 e. The van der Waals surface area contributed by atoms with Gasteiger partial charge < -0.3 is 10.1 Å². The van der Waals surface area contributed by atoms with E-state index in [-0.39, 0.29) is 17.5 Å². The Labute approximate surface area is 134 Å². The van der Waals surface area contributed by atoms with Crippen molar-refractivity contribution in [2.24, 2.45) is 0 Å². The highest BCUT2D eigenvalue weighted by molar-refractivity contribution is 6.31. The number of amides is 1. The van der Waals surface area contributed by atoms with Crippen LogP contribution in [0.4, 0.5) is 10.1 Å². The number of halogens is 2. The molecule has 0 aliphatic rings. The van der Waals surface area contributed by atoms with Crippen molar-refractivity contribution in [3.8, 4) is 5.75 Å². The van der Waals surface area contributed by atoms with Crippen molar-refractivity contribution < 1.29 is 13.9 Å². The lowest BCUT2D eigenvalue weighted by Gasteiger charge is -2.14. The van der Waals surface area contributed by atoms with Crippen LogP contribution in [0.5, 0.6) is 5.75 Å². The molecular weight excluding hydrogens is 305 g/mol. The molecule has 0 atom stereocenters. The fraction of sp³-hybridized carbons (Fsp3) is 0.235. The summed E-state index contributed by atoms with van der Waals surface area (Å²) in [5.41, 5.74) is 3.52. The van der Waals surface area contributed by atoms with Gasteiger partial charge in [0.05, 0.1) is 5.02 Å². The van der Waals surface area contributed by atoms with Crippen LogP contribution in [-0.4, -0.2) is 12.5 Å². The molecule has 0 heterocycles. The number of benzene rings is 2. The second kappa shape index (κ2) is 6.79.